The molecule has 96 valence electrons. The largest absolute Gasteiger partial charge is 0.384 e. The van der Waals surface area contributed by atoms with Gasteiger partial charge in [0, 0.05) is 18.0 Å². The van der Waals surface area contributed by atoms with Crippen LogP contribution in [0.1, 0.15) is 37.5 Å². The highest BCUT2D eigenvalue weighted by atomic mass is 32.2. The molecule has 0 amide bonds. The fourth-order valence-corrected chi connectivity index (χ4v) is 1.92. The molecule has 0 fully saturated rings. The maximum absolute atomic E-state index is 11.5. The highest BCUT2D eigenvalue weighted by Crippen LogP contribution is 2.19. The van der Waals surface area contributed by atoms with Crippen molar-refractivity contribution in [2.45, 2.75) is 32.4 Å². The third kappa shape index (κ3) is 3.96. The van der Waals surface area contributed by atoms with E-state index in [9.17, 15) is 8.42 Å². The van der Waals surface area contributed by atoms with Crippen LogP contribution in [0.15, 0.2) is 6.07 Å². The van der Waals surface area contributed by atoms with E-state index in [2.05, 4.69) is 23.8 Å². The Balaban J connectivity index is 3.13. The lowest BCUT2D eigenvalue weighted by atomic mass is 10.1. The molecule has 2 N–H and O–H groups in total. The van der Waals surface area contributed by atoms with Gasteiger partial charge in [-0.25, -0.2) is 18.4 Å². The van der Waals surface area contributed by atoms with Crippen molar-refractivity contribution >= 4 is 15.7 Å². The van der Waals surface area contributed by atoms with Gasteiger partial charge in [-0.1, -0.05) is 13.8 Å². The smallest absolute Gasteiger partial charge is 0.157 e. The number of hydrogen-bond donors (Lipinski definition) is 1. The number of nitrogen functional groups attached to an aromatic ring is 1. The average Bonchev–Trinajstić information content (AvgIpc) is 2.12. The van der Waals surface area contributed by atoms with Crippen molar-refractivity contribution in [1.29, 1.82) is 0 Å². The van der Waals surface area contributed by atoms with E-state index in [-0.39, 0.29) is 5.82 Å². The number of nitrogens with two attached hydrogens (primary N) is 1. The van der Waals surface area contributed by atoms with E-state index in [1.54, 1.807) is 13.0 Å². The minimum atomic E-state index is -3.20. The highest BCUT2D eigenvalue weighted by molar-refractivity contribution is 7.90. The molecule has 1 aromatic rings. The first kappa shape index (κ1) is 13.9. The lowest BCUT2D eigenvalue weighted by Gasteiger charge is -2.11. The summed E-state index contributed by atoms with van der Waals surface area (Å²) in [4.78, 5) is 8.26. The number of aromatic nitrogens is 2. The lowest BCUT2D eigenvalue weighted by Crippen LogP contribution is -2.14. The Morgan fingerprint density at radius 3 is 2.35 bits per heavy atom. The SMILES string of the molecule is CC(C)Cc1cc(N)nc(C(C)S(C)(=O)=O)n1. The van der Waals surface area contributed by atoms with Gasteiger partial charge in [0.05, 0.1) is 0 Å². The standard InChI is InChI=1S/C11H19N3O2S/c1-7(2)5-9-6-10(12)14-11(13-9)8(3)17(4,15)16/h6-8H,5H2,1-4H3,(H2,12,13,14). The van der Waals surface area contributed by atoms with Crippen molar-refractivity contribution < 1.29 is 8.42 Å². The van der Waals surface area contributed by atoms with Gasteiger partial charge in [0.2, 0.25) is 0 Å². The molecular formula is C11H19N3O2S. The summed E-state index contributed by atoms with van der Waals surface area (Å²) in [7, 11) is -3.20. The Bertz CT molecular complexity index is 497. The lowest BCUT2D eigenvalue weighted by molar-refractivity contribution is 0.587. The van der Waals surface area contributed by atoms with Crippen molar-refractivity contribution in [2.24, 2.45) is 5.92 Å². The van der Waals surface area contributed by atoms with Gasteiger partial charge in [0.1, 0.15) is 16.9 Å². The van der Waals surface area contributed by atoms with Crippen LogP contribution in [-0.2, 0) is 16.3 Å². The van der Waals surface area contributed by atoms with Gasteiger partial charge >= 0.3 is 0 Å². The number of nitrogens with zero attached hydrogens (tertiary/aromatic N) is 2. The van der Waals surface area contributed by atoms with Crippen molar-refractivity contribution in [1.82, 2.24) is 9.97 Å². The maximum atomic E-state index is 11.5. The molecule has 0 saturated carbocycles. The highest BCUT2D eigenvalue weighted by Gasteiger charge is 2.21. The van der Waals surface area contributed by atoms with Crippen LogP contribution in [0.4, 0.5) is 5.82 Å². The third-order valence-corrected chi connectivity index (χ3v) is 3.93. The van der Waals surface area contributed by atoms with Gasteiger partial charge in [-0.15, -0.1) is 0 Å². The predicted octanol–water partition coefficient (Wildman–Crippen LogP) is 1.36. The van der Waals surface area contributed by atoms with Crippen molar-refractivity contribution in [3.63, 3.8) is 0 Å². The quantitative estimate of drug-likeness (QED) is 0.880. The zero-order valence-electron chi connectivity index (χ0n) is 10.6. The Kier molecular flexibility index (Phi) is 4.08. The first-order valence-corrected chi connectivity index (χ1v) is 7.47. The van der Waals surface area contributed by atoms with E-state index in [4.69, 9.17) is 5.73 Å². The molecule has 1 unspecified atom stereocenters. The molecule has 1 atom stereocenters. The summed E-state index contributed by atoms with van der Waals surface area (Å²) in [5, 5.41) is -0.725. The molecule has 1 aromatic heterocycles. The Morgan fingerprint density at radius 2 is 1.88 bits per heavy atom. The number of sulfone groups is 1. The molecule has 0 radical (unpaired) electrons. The number of rotatable bonds is 4. The molecule has 0 aliphatic heterocycles. The number of anilines is 1. The van der Waals surface area contributed by atoms with E-state index >= 15 is 0 Å². The van der Waals surface area contributed by atoms with Crippen molar-refractivity contribution in [3.8, 4) is 0 Å². The molecule has 0 aromatic carbocycles. The van der Waals surface area contributed by atoms with Crippen LogP contribution in [0, 0.1) is 5.92 Å². The molecule has 0 spiro atoms. The van der Waals surface area contributed by atoms with Crippen LogP contribution >= 0.6 is 0 Å². The van der Waals surface area contributed by atoms with Crippen molar-refractivity contribution in [3.05, 3.63) is 17.6 Å². The van der Waals surface area contributed by atoms with E-state index in [1.165, 1.54) is 6.26 Å². The van der Waals surface area contributed by atoms with Gasteiger partial charge in [0.15, 0.2) is 9.84 Å². The number of hydrogen-bond acceptors (Lipinski definition) is 5. The van der Waals surface area contributed by atoms with Crippen LogP contribution in [0.5, 0.6) is 0 Å². The molecule has 1 rings (SSSR count). The van der Waals surface area contributed by atoms with Gasteiger partial charge < -0.3 is 5.73 Å². The summed E-state index contributed by atoms with van der Waals surface area (Å²) in [6, 6.07) is 1.69. The van der Waals surface area contributed by atoms with Crippen LogP contribution in [0.25, 0.3) is 0 Å². The minimum Gasteiger partial charge on any atom is -0.384 e. The fraction of sp³-hybridized carbons (Fsp3) is 0.636. The van der Waals surface area contributed by atoms with Gasteiger partial charge in [-0.05, 0) is 19.3 Å². The molecule has 1 heterocycles. The summed E-state index contributed by atoms with van der Waals surface area (Å²) >= 11 is 0. The van der Waals surface area contributed by atoms with E-state index in [0.29, 0.717) is 11.7 Å². The molecule has 0 aliphatic rings. The van der Waals surface area contributed by atoms with Crippen LogP contribution < -0.4 is 5.73 Å². The zero-order chi connectivity index (χ0) is 13.2. The summed E-state index contributed by atoms with van der Waals surface area (Å²) in [5.41, 5.74) is 6.46. The summed E-state index contributed by atoms with van der Waals surface area (Å²) in [5.74, 6) is 1.04. The first-order valence-electron chi connectivity index (χ1n) is 5.52. The van der Waals surface area contributed by atoms with Gasteiger partial charge in [-0.2, -0.15) is 0 Å². The predicted molar refractivity (Wildman–Crippen MR) is 68.2 cm³/mol. The fourth-order valence-electron chi connectivity index (χ4n) is 1.44. The molecule has 17 heavy (non-hydrogen) atoms. The van der Waals surface area contributed by atoms with E-state index in [0.717, 1.165) is 12.1 Å². The van der Waals surface area contributed by atoms with Crippen LogP contribution in [0.3, 0.4) is 0 Å². The third-order valence-electron chi connectivity index (χ3n) is 2.44. The second-order valence-electron chi connectivity index (χ2n) is 4.71. The average molecular weight is 257 g/mol. The van der Waals surface area contributed by atoms with E-state index in [1.807, 2.05) is 0 Å². The van der Waals surface area contributed by atoms with Crippen LogP contribution in [-0.4, -0.2) is 24.6 Å². The Hall–Kier alpha value is -1.17. The summed E-state index contributed by atoms with van der Waals surface area (Å²) < 4.78 is 22.9. The topological polar surface area (TPSA) is 85.9 Å². The second kappa shape index (κ2) is 5.00. The van der Waals surface area contributed by atoms with E-state index < -0.39 is 15.1 Å². The molecule has 5 nitrogen and oxygen atoms in total. The zero-order valence-corrected chi connectivity index (χ0v) is 11.5. The monoisotopic (exact) mass is 257 g/mol. The maximum Gasteiger partial charge on any atom is 0.157 e. The molecule has 0 bridgehead atoms. The van der Waals surface area contributed by atoms with Gasteiger partial charge in [0.25, 0.3) is 0 Å². The summed E-state index contributed by atoms with van der Waals surface area (Å²) in [6.07, 6.45) is 1.93. The molecular weight excluding hydrogens is 238 g/mol. The van der Waals surface area contributed by atoms with Crippen LogP contribution in [0.2, 0.25) is 0 Å². The Morgan fingerprint density at radius 1 is 1.29 bits per heavy atom. The molecule has 0 aliphatic carbocycles. The second-order valence-corrected chi connectivity index (χ2v) is 7.08. The minimum absolute atomic E-state index is 0.281. The normalized spacial score (nSPS) is 13.9. The summed E-state index contributed by atoms with van der Waals surface area (Å²) in [6.45, 7) is 5.71. The molecule has 6 heteroatoms. The Labute approximate surface area is 102 Å². The first-order chi connectivity index (χ1) is 7.70. The van der Waals surface area contributed by atoms with Gasteiger partial charge in [-0.3, -0.25) is 0 Å². The van der Waals surface area contributed by atoms with Crippen molar-refractivity contribution in [2.75, 3.05) is 12.0 Å². The molecule has 0 saturated heterocycles.